The van der Waals surface area contributed by atoms with Crippen molar-refractivity contribution in [3.05, 3.63) is 93.8 Å². The second kappa shape index (κ2) is 11.8. The number of anilines is 1. The third kappa shape index (κ3) is 5.43. The van der Waals surface area contributed by atoms with E-state index in [9.17, 15) is 19.1 Å². The van der Waals surface area contributed by atoms with Crippen molar-refractivity contribution in [1.82, 2.24) is 4.90 Å². The number of ether oxygens (including phenoxy) is 2. The Morgan fingerprint density at radius 3 is 2.15 bits per heavy atom. The van der Waals surface area contributed by atoms with Gasteiger partial charge in [-0.3, -0.25) is 9.59 Å². The van der Waals surface area contributed by atoms with Crippen LogP contribution >= 0.6 is 11.6 Å². The molecule has 4 rings (SSSR count). The van der Waals surface area contributed by atoms with Gasteiger partial charge in [0.1, 0.15) is 23.1 Å². The van der Waals surface area contributed by atoms with Crippen LogP contribution < -0.4 is 14.4 Å². The summed E-state index contributed by atoms with van der Waals surface area (Å²) >= 11 is 6.25. The fraction of sp³-hybridized carbons (Fsp3) is 0.267. The summed E-state index contributed by atoms with van der Waals surface area (Å²) in [5.74, 6) is -1.98. The maximum atomic E-state index is 13.5. The van der Waals surface area contributed by atoms with Crippen LogP contribution in [0.2, 0.25) is 5.02 Å². The summed E-state index contributed by atoms with van der Waals surface area (Å²) < 4.78 is 24.3. The van der Waals surface area contributed by atoms with E-state index in [1.165, 1.54) is 43.4 Å². The van der Waals surface area contributed by atoms with Gasteiger partial charge in [-0.05, 0) is 55.3 Å². The number of aliphatic hydroxyl groups is 1. The van der Waals surface area contributed by atoms with Gasteiger partial charge in [-0.15, -0.1) is 0 Å². The van der Waals surface area contributed by atoms with E-state index in [-0.39, 0.29) is 34.2 Å². The molecule has 0 aliphatic carbocycles. The molecule has 1 saturated heterocycles. The number of amides is 1. The summed E-state index contributed by atoms with van der Waals surface area (Å²) in [4.78, 5) is 30.4. The Hall–Kier alpha value is -4.04. The molecule has 1 heterocycles. The van der Waals surface area contributed by atoms with Crippen LogP contribution in [0.1, 0.15) is 36.6 Å². The largest absolute Gasteiger partial charge is 0.507 e. The van der Waals surface area contributed by atoms with Crippen molar-refractivity contribution in [2.75, 3.05) is 32.2 Å². The van der Waals surface area contributed by atoms with E-state index in [0.29, 0.717) is 11.1 Å². The number of aliphatic hydroxyl groups excluding tert-OH is 1. The van der Waals surface area contributed by atoms with Gasteiger partial charge in [0.05, 0.1) is 36.4 Å². The van der Waals surface area contributed by atoms with E-state index >= 15 is 0 Å². The van der Waals surface area contributed by atoms with Crippen molar-refractivity contribution in [3.8, 4) is 11.5 Å². The monoisotopic (exact) mass is 552 g/mol. The number of benzene rings is 3. The summed E-state index contributed by atoms with van der Waals surface area (Å²) in [7, 11) is 2.84. The van der Waals surface area contributed by atoms with E-state index in [4.69, 9.17) is 21.1 Å². The van der Waals surface area contributed by atoms with Gasteiger partial charge < -0.3 is 24.4 Å². The third-order valence-corrected chi connectivity index (χ3v) is 7.17. The molecular weight excluding hydrogens is 523 g/mol. The van der Waals surface area contributed by atoms with Gasteiger partial charge in [-0.2, -0.15) is 0 Å². The van der Waals surface area contributed by atoms with E-state index in [1.54, 1.807) is 12.1 Å². The van der Waals surface area contributed by atoms with Gasteiger partial charge in [0, 0.05) is 31.4 Å². The van der Waals surface area contributed by atoms with E-state index < -0.39 is 29.3 Å². The van der Waals surface area contributed by atoms with Gasteiger partial charge in [0.15, 0.2) is 0 Å². The van der Waals surface area contributed by atoms with Gasteiger partial charge in [0.25, 0.3) is 11.7 Å². The highest BCUT2D eigenvalue weighted by atomic mass is 35.5. The molecule has 0 spiro atoms. The molecule has 39 heavy (non-hydrogen) atoms. The highest BCUT2D eigenvalue weighted by molar-refractivity contribution is 6.46. The first-order chi connectivity index (χ1) is 18.7. The van der Waals surface area contributed by atoms with Crippen LogP contribution in [-0.4, -0.2) is 49.0 Å². The molecule has 1 unspecified atom stereocenters. The lowest BCUT2D eigenvalue weighted by Gasteiger charge is -2.27. The number of Topliss-reactive ketones (excluding diaryl/α,β-unsaturated/α-hetero) is 1. The maximum absolute atomic E-state index is 13.5. The summed E-state index contributed by atoms with van der Waals surface area (Å²) in [6, 6.07) is 15.3. The average molecular weight is 553 g/mol. The molecule has 9 heteroatoms. The van der Waals surface area contributed by atoms with E-state index in [0.717, 1.165) is 18.8 Å². The quantitative estimate of drug-likeness (QED) is 0.200. The lowest BCUT2D eigenvalue weighted by atomic mass is 9.94. The predicted octanol–water partition coefficient (Wildman–Crippen LogP) is 5.96. The van der Waals surface area contributed by atoms with E-state index in [1.807, 2.05) is 24.3 Å². The fourth-order valence-electron chi connectivity index (χ4n) is 4.82. The van der Waals surface area contributed by atoms with Crippen LogP contribution in [0.4, 0.5) is 10.1 Å². The molecule has 3 aromatic carbocycles. The lowest BCUT2D eigenvalue weighted by molar-refractivity contribution is -0.140. The molecular formula is C30H30ClFN2O5. The Kier molecular flexibility index (Phi) is 8.45. The van der Waals surface area contributed by atoms with Gasteiger partial charge >= 0.3 is 0 Å². The Labute approximate surface area is 232 Å². The Morgan fingerprint density at radius 1 is 0.974 bits per heavy atom. The number of hydrogen-bond donors (Lipinski definition) is 1. The summed E-state index contributed by atoms with van der Waals surface area (Å²) in [5, 5.41) is 11.8. The van der Waals surface area contributed by atoms with Crippen molar-refractivity contribution in [2.24, 2.45) is 0 Å². The smallest absolute Gasteiger partial charge is 0.295 e. The molecule has 0 bridgehead atoms. The molecule has 1 fully saturated rings. The van der Waals surface area contributed by atoms with Crippen molar-refractivity contribution >= 4 is 34.7 Å². The van der Waals surface area contributed by atoms with Crippen LogP contribution in [0.3, 0.4) is 0 Å². The van der Waals surface area contributed by atoms with Crippen molar-refractivity contribution in [2.45, 2.75) is 26.4 Å². The minimum Gasteiger partial charge on any atom is -0.507 e. The highest BCUT2D eigenvalue weighted by Gasteiger charge is 2.46. The molecule has 1 amide bonds. The van der Waals surface area contributed by atoms with Crippen LogP contribution in [0.15, 0.2) is 66.2 Å². The van der Waals surface area contributed by atoms with Crippen molar-refractivity contribution in [3.63, 3.8) is 0 Å². The SMILES string of the molecule is CCN(CC)c1ccc(C2/C(=C(\O)c3cc(OC)c(Cl)cc3OC)C(=O)C(=O)N2Cc2ccc(F)cc2)cc1. The average Bonchev–Trinajstić information content (AvgIpc) is 3.19. The number of hydrogen-bond acceptors (Lipinski definition) is 6. The second-order valence-corrected chi connectivity index (χ2v) is 9.41. The molecule has 7 nitrogen and oxygen atoms in total. The number of nitrogens with zero attached hydrogens (tertiary/aromatic N) is 2. The van der Waals surface area contributed by atoms with Crippen molar-refractivity contribution in [1.29, 1.82) is 0 Å². The second-order valence-electron chi connectivity index (χ2n) is 9.00. The van der Waals surface area contributed by atoms with Crippen LogP contribution in [-0.2, 0) is 16.1 Å². The molecule has 1 atom stereocenters. The molecule has 0 aromatic heterocycles. The number of ketones is 1. The number of methoxy groups -OCH3 is 2. The fourth-order valence-corrected chi connectivity index (χ4v) is 5.05. The molecule has 0 saturated carbocycles. The zero-order valence-corrected chi connectivity index (χ0v) is 23.0. The van der Waals surface area contributed by atoms with Crippen LogP contribution in [0, 0.1) is 5.82 Å². The maximum Gasteiger partial charge on any atom is 0.295 e. The number of carbonyl (C=O) groups is 2. The first-order valence-corrected chi connectivity index (χ1v) is 12.9. The molecule has 1 aliphatic rings. The molecule has 0 radical (unpaired) electrons. The standard InChI is InChI=1S/C30H30ClFN2O5/c1-5-33(6-2)21-13-9-19(10-14-21)27-26(28(35)22-15-25(39-4)23(31)16-24(22)38-3)29(36)30(37)34(27)17-18-7-11-20(32)12-8-18/h7-16,27,35H,5-6,17H2,1-4H3/b28-26+. The topological polar surface area (TPSA) is 79.3 Å². The summed E-state index contributed by atoms with van der Waals surface area (Å²) in [6.07, 6.45) is 0. The van der Waals surface area contributed by atoms with Crippen LogP contribution in [0.25, 0.3) is 5.76 Å². The predicted molar refractivity (Wildman–Crippen MR) is 149 cm³/mol. The van der Waals surface area contributed by atoms with Crippen molar-refractivity contribution < 1.29 is 28.6 Å². The number of carbonyl (C=O) groups excluding carboxylic acids is 2. The first-order valence-electron chi connectivity index (χ1n) is 12.5. The van der Waals surface area contributed by atoms with Gasteiger partial charge in [-0.25, -0.2) is 4.39 Å². The first kappa shape index (κ1) is 28.0. The zero-order chi connectivity index (χ0) is 28.3. The highest BCUT2D eigenvalue weighted by Crippen LogP contribution is 2.43. The summed E-state index contributed by atoms with van der Waals surface area (Å²) in [5.41, 5.74) is 2.31. The number of rotatable bonds is 9. The Balaban J connectivity index is 1.90. The van der Waals surface area contributed by atoms with Crippen LogP contribution in [0.5, 0.6) is 11.5 Å². The number of halogens is 2. The minimum atomic E-state index is -0.910. The Morgan fingerprint density at radius 2 is 1.59 bits per heavy atom. The molecule has 1 aliphatic heterocycles. The number of likely N-dealkylation sites (tertiary alicyclic amines) is 1. The summed E-state index contributed by atoms with van der Waals surface area (Å²) in [6.45, 7) is 5.78. The zero-order valence-electron chi connectivity index (χ0n) is 22.2. The molecule has 204 valence electrons. The van der Waals surface area contributed by atoms with Gasteiger partial charge in [0.2, 0.25) is 0 Å². The third-order valence-electron chi connectivity index (χ3n) is 6.87. The Bertz CT molecular complexity index is 1400. The lowest BCUT2D eigenvalue weighted by Crippen LogP contribution is -2.29. The molecule has 1 N–H and O–H groups in total. The molecule has 3 aromatic rings. The van der Waals surface area contributed by atoms with E-state index in [2.05, 4.69) is 18.7 Å². The van der Waals surface area contributed by atoms with Gasteiger partial charge in [-0.1, -0.05) is 35.9 Å². The normalized spacial score (nSPS) is 16.5. The minimum absolute atomic E-state index is 0.0329.